The van der Waals surface area contributed by atoms with E-state index in [2.05, 4.69) is 25.4 Å². The molecule has 1 atom stereocenters. The molecule has 0 fully saturated rings. The van der Waals surface area contributed by atoms with Crippen molar-refractivity contribution in [1.29, 1.82) is 0 Å². The van der Waals surface area contributed by atoms with E-state index in [4.69, 9.17) is 0 Å². The topological polar surface area (TPSA) is 69.7 Å². The Balaban J connectivity index is 3.24. The molecule has 120 valence electrons. The number of esters is 2. The Morgan fingerprint density at radius 2 is 1.41 bits per heavy atom. The number of methoxy groups -OCH3 is 2. The molecule has 0 amide bonds. The fourth-order valence-electron chi connectivity index (χ4n) is 2.29. The third-order valence-corrected chi connectivity index (χ3v) is 3.95. The first-order chi connectivity index (χ1) is 10.3. The zero-order chi connectivity index (χ0) is 16.9. The van der Waals surface area contributed by atoms with Crippen molar-refractivity contribution < 1.29 is 23.9 Å². The smallest absolute Gasteiger partial charge is 0.320 e. The summed E-state index contributed by atoms with van der Waals surface area (Å²) in [5.74, 6) is -4.18. The molecule has 0 saturated carbocycles. The van der Waals surface area contributed by atoms with Crippen molar-refractivity contribution in [3.05, 3.63) is 34.3 Å². The van der Waals surface area contributed by atoms with Gasteiger partial charge >= 0.3 is 11.9 Å². The van der Waals surface area contributed by atoms with Crippen LogP contribution in [0.1, 0.15) is 24.2 Å². The van der Waals surface area contributed by atoms with E-state index < -0.39 is 23.8 Å². The molecule has 22 heavy (non-hydrogen) atoms. The summed E-state index contributed by atoms with van der Waals surface area (Å²) in [6.07, 6.45) is 0. The lowest BCUT2D eigenvalue weighted by Crippen LogP contribution is -2.40. The molecule has 6 heteroatoms. The van der Waals surface area contributed by atoms with Gasteiger partial charge in [-0.25, -0.2) is 0 Å². The van der Waals surface area contributed by atoms with Crippen LogP contribution in [0.2, 0.25) is 0 Å². The van der Waals surface area contributed by atoms with Gasteiger partial charge < -0.3 is 9.47 Å². The molecule has 0 aliphatic heterocycles. The van der Waals surface area contributed by atoms with E-state index in [0.29, 0.717) is 5.56 Å². The van der Waals surface area contributed by atoms with Crippen LogP contribution < -0.4 is 0 Å². The minimum Gasteiger partial charge on any atom is -0.468 e. The molecule has 1 aromatic carbocycles. The van der Waals surface area contributed by atoms with Crippen LogP contribution in [-0.4, -0.2) is 31.9 Å². The zero-order valence-corrected chi connectivity index (χ0v) is 14.5. The number of hydrogen-bond donors (Lipinski definition) is 0. The van der Waals surface area contributed by atoms with Crippen molar-refractivity contribution in [3.63, 3.8) is 0 Å². The highest BCUT2D eigenvalue weighted by Crippen LogP contribution is 2.28. The van der Waals surface area contributed by atoms with Gasteiger partial charge in [-0.1, -0.05) is 41.9 Å². The highest BCUT2D eigenvalue weighted by atomic mass is 79.9. The van der Waals surface area contributed by atoms with Gasteiger partial charge in [-0.15, -0.1) is 0 Å². The Morgan fingerprint density at radius 3 is 1.77 bits per heavy atom. The highest BCUT2D eigenvalue weighted by molar-refractivity contribution is 9.10. The van der Waals surface area contributed by atoms with E-state index >= 15 is 0 Å². The summed E-state index contributed by atoms with van der Waals surface area (Å²) in [4.78, 5) is 36.7. The number of carbonyl (C=O) groups is 3. The van der Waals surface area contributed by atoms with Crippen LogP contribution in [0.15, 0.2) is 28.7 Å². The number of benzene rings is 1. The van der Waals surface area contributed by atoms with Gasteiger partial charge in [0, 0.05) is 16.0 Å². The van der Waals surface area contributed by atoms with Gasteiger partial charge in [-0.2, -0.15) is 0 Å². The van der Waals surface area contributed by atoms with Crippen LogP contribution in [0.5, 0.6) is 0 Å². The normalized spacial score (nSPS) is 12.1. The van der Waals surface area contributed by atoms with Crippen molar-refractivity contribution in [1.82, 2.24) is 0 Å². The minimum absolute atomic E-state index is 0.237. The Bertz CT molecular complexity index is 534. The van der Waals surface area contributed by atoms with E-state index in [9.17, 15) is 14.4 Å². The molecule has 0 radical (unpaired) electrons. The number of carbonyl (C=O) groups excluding carboxylic acids is 3. The molecule has 0 spiro atoms. The van der Waals surface area contributed by atoms with E-state index in [1.54, 1.807) is 38.1 Å². The van der Waals surface area contributed by atoms with E-state index in [-0.39, 0.29) is 11.7 Å². The maximum Gasteiger partial charge on any atom is 0.320 e. The lowest BCUT2D eigenvalue weighted by molar-refractivity contribution is -0.161. The summed E-state index contributed by atoms with van der Waals surface area (Å²) in [6, 6.07) is 6.76. The Morgan fingerprint density at radius 1 is 0.955 bits per heavy atom. The first-order valence-corrected chi connectivity index (χ1v) is 7.58. The molecular formula is C16H19BrO5. The fraction of sp³-hybridized carbons (Fsp3) is 0.438. The first-order valence-electron chi connectivity index (χ1n) is 6.78. The molecule has 0 aliphatic carbocycles. The lowest BCUT2D eigenvalue weighted by atomic mass is 9.78. The number of halogens is 1. The number of ketones is 1. The molecule has 1 rings (SSSR count). The summed E-state index contributed by atoms with van der Waals surface area (Å²) in [5, 5.41) is 0. The third-order valence-electron chi connectivity index (χ3n) is 3.42. The highest BCUT2D eigenvalue weighted by Gasteiger charge is 2.42. The van der Waals surface area contributed by atoms with Gasteiger partial charge in [0.25, 0.3) is 0 Å². The van der Waals surface area contributed by atoms with Gasteiger partial charge in [-0.3, -0.25) is 14.4 Å². The van der Waals surface area contributed by atoms with E-state index in [1.165, 1.54) is 14.2 Å². The SMILES string of the molecule is COC(=O)C(C(=O)OC)C(C(=O)c1ccc(Br)cc1)C(C)C. The van der Waals surface area contributed by atoms with Crippen molar-refractivity contribution >= 4 is 33.7 Å². The van der Waals surface area contributed by atoms with Gasteiger partial charge in [0.2, 0.25) is 0 Å². The molecule has 0 heterocycles. The van der Waals surface area contributed by atoms with Gasteiger partial charge in [0.1, 0.15) is 0 Å². The monoisotopic (exact) mass is 370 g/mol. The molecule has 1 aromatic rings. The first kappa shape index (κ1) is 18.4. The molecule has 5 nitrogen and oxygen atoms in total. The summed E-state index contributed by atoms with van der Waals surface area (Å²) in [5.41, 5.74) is 0.430. The lowest BCUT2D eigenvalue weighted by Gasteiger charge is -2.25. The summed E-state index contributed by atoms with van der Waals surface area (Å²) in [6.45, 7) is 3.56. The molecule has 0 saturated heterocycles. The van der Waals surface area contributed by atoms with Crippen LogP contribution in [0, 0.1) is 17.8 Å². The number of ether oxygens (including phenoxy) is 2. The fourth-order valence-corrected chi connectivity index (χ4v) is 2.55. The standard InChI is InChI=1S/C16H19BrO5/c1-9(2)12(13(15(19)21-3)16(20)22-4)14(18)10-5-7-11(17)8-6-10/h5-9,12-13H,1-4H3. The predicted molar refractivity (Wildman–Crippen MR) is 84.3 cm³/mol. The van der Waals surface area contributed by atoms with Crippen LogP contribution in [0.3, 0.4) is 0 Å². The molecule has 0 N–H and O–H groups in total. The molecule has 0 bridgehead atoms. The predicted octanol–water partition coefficient (Wildman–Crippen LogP) is 2.87. The minimum atomic E-state index is -1.27. The zero-order valence-electron chi connectivity index (χ0n) is 13.0. The second-order valence-corrected chi connectivity index (χ2v) is 6.08. The average Bonchev–Trinajstić information content (AvgIpc) is 2.50. The van der Waals surface area contributed by atoms with Crippen LogP contribution in [0.25, 0.3) is 0 Å². The Kier molecular flexibility index (Phi) is 6.74. The quantitative estimate of drug-likeness (QED) is 0.437. The van der Waals surface area contributed by atoms with Crippen molar-refractivity contribution in [3.8, 4) is 0 Å². The average molecular weight is 371 g/mol. The maximum absolute atomic E-state index is 12.7. The van der Waals surface area contributed by atoms with Gasteiger partial charge in [0.15, 0.2) is 11.7 Å². The molecular weight excluding hydrogens is 352 g/mol. The molecule has 0 aliphatic rings. The third kappa shape index (κ3) is 4.16. The number of hydrogen-bond acceptors (Lipinski definition) is 5. The molecule has 0 aromatic heterocycles. The Hall–Kier alpha value is -1.69. The van der Waals surface area contributed by atoms with Gasteiger partial charge in [0.05, 0.1) is 14.2 Å². The maximum atomic E-state index is 12.7. The summed E-state index contributed by atoms with van der Waals surface area (Å²) < 4.78 is 10.2. The summed E-state index contributed by atoms with van der Waals surface area (Å²) in [7, 11) is 2.36. The van der Waals surface area contributed by atoms with Crippen molar-refractivity contribution in [2.24, 2.45) is 17.8 Å². The van der Waals surface area contributed by atoms with E-state index in [0.717, 1.165) is 4.47 Å². The van der Waals surface area contributed by atoms with Crippen LogP contribution >= 0.6 is 15.9 Å². The second kappa shape index (κ2) is 8.08. The largest absolute Gasteiger partial charge is 0.468 e. The van der Waals surface area contributed by atoms with E-state index in [1.807, 2.05) is 0 Å². The van der Waals surface area contributed by atoms with Crippen LogP contribution in [0.4, 0.5) is 0 Å². The van der Waals surface area contributed by atoms with Crippen molar-refractivity contribution in [2.75, 3.05) is 14.2 Å². The van der Waals surface area contributed by atoms with Gasteiger partial charge in [-0.05, 0) is 18.1 Å². The summed E-state index contributed by atoms with van der Waals surface area (Å²) >= 11 is 3.30. The van der Waals surface area contributed by atoms with Crippen LogP contribution in [-0.2, 0) is 19.1 Å². The number of rotatable bonds is 6. The second-order valence-electron chi connectivity index (χ2n) is 5.16. The number of Topliss-reactive ketones (excluding diaryl/α,β-unsaturated/α-hetero) is 1. The Labute approximate surface area is 138 Å². The van der Waals surface area contributed by atoms with Crippen molar-refractivity contribution in [2.45, 2.75) is 13.8 Å². The molecule has 1 unspecified atom stereocenters.